The van der Waals surface area contributed by atoms with Crippen LogP contribution in [0.3, 0.4) is 0 Å². The Morgan fingerprint density at radius 2 is 2.14 bits per heavy atom. The van der Waals surface area contributed by atoms with E-state index in [9.17, 15) is 8.78 Å². The highest BCUT2D eigenvalue weighted by Crippen LogP contribution is 2.30. The summed E-state index contributed by atoms with van der Waals surface area (Å²) in [5, 5.41) is 3.21. The maximum Gasteiger partial charge on any atom is 0.387 e. The van der Waals surface area contributed by atoms with Crippen molar-refractivity contribution < 1.29 is 18.3 Å². The second-order valence-corrected chi connectivity index (χ2v) is 5.19. The largest absolute Gasteiger partial charge is 0.493 e. The van der Waals surface area contributed by atoms with E-state index in [0.29, 0.717) is 11.8 Å². The van der Waals surface area contributed by atoms with Crippen LogP contribution in [0.1, 0.15) is 18.4 Å². The molecule has 1 aromatic carbocycles. The summed E-state index contributed by atoms with van der Waals surface area (Å²) < 4.78 is 34.2. The van der Waals surface area contributed by atoms with Gasteiger partial charge < -0.3 is 14.8 Å². The Kier molecular flexibility index (Phi) is 7.85. The summed E-state index contributed by atoms with van der Waals surface area (Å²) in [4.78, 5) is 2.40. The molecule has 22 heavy (non-hydrogen) atoms. The van der Waals surface area contributed by atoms with Crippen molar-refractivity contribution in [3.05, 3.63) is 23.8 Å². The number of nitrogens with one attached hydrogen (secondary N) is 1. The number of hydrogen-bond acceptors (Lipinski definition) is 4. The van der Waals surface area contributed by atoms with Gasteiger partial charge in [-0.15, -0.1) is 12.4 Å². The zero-order valence-corrected chi connectivity index (χ0v) is 13.7. The summed E-state index contributed by atoms with van der Waals surface area (Å²) in [6.07, 6.45) is 2.38. The van der Waals surface area contributed by atoms with Crippen molar-refractivity contribution in [2.75, 3.05) is 27.2 Å². The summed E-state index contributed by atoms with van der Waals surface area (Å²) in [5.74, 6) is 0.418. The van der Waals surface area contributed by atoms with Crippen LogP contribution in [-0.4, -0.2) is 44.8 Å². The molecule has 1 saturated heterocycles. The van der Waals surface area contributed by atoms with E-state index in [1.165, 1.54) is 20.0 Å². The second kappa shape index (κ2) is 9.12. The number of nitrogens with zero attached hydrogens (tertiary/aromatic N) is 1. The average Bonchev–Trinajstić information content (AvgIpc) is 2.87. The quantitative estimate of drug-likeness (QED) is 0.830. The van der Waals surface area contributed by atoms with Crippen LogP contribution in [0.4, 0.5) is 8.78 Å². The van der Waals surface area contributed by atoms with Crippen molar-refractivity contribution >= 4 is 12.4 Å². The van der Waals surface area contributed by atoms with Crippen LogP contribution in [0, 0.1) is 0 Å². The van der Waals surface area contributed by atoms with E-state index in [0.717, 1.165) is 25.2 Å². The molecule has 7 heteroatoms. The zero-order chi connectivity index (χ0) is 15.2. The number of benzene rings is 1. The molecule has 1 aliphatic heterocycles. The van der Waals surface area contributed by atoms with E-state index in [4.69, 9.17) is 4.74 Å². The van der Waals surface area contributed by atoms with Crippen LogP contribution in [0.5, 0.6) is 11.5 Å². The van der Waals surface area contributed by atoms with Gasteiger partial charge in [0.15, 0.2) is 11.5 Å². The Morgan fingerprint density at radius 1 is 1.36 bits per heavy atom. The molecule has 0 aromatic heterocycles. The molecule has 0 saturated carbocycles. The molecule has 2 rings (SSSR count). The normalized spacial score (nSPS) is 18.3. The first-order valence-electron chi connectivity index (χ1n) is 7.14. The van der Waals surface area contributed by atoms with Crippen LogP contribution in [0.15, 0.2) is 18.2 Å². The van der Waals surface area contributed by atoms with Gasteiger partial charge in [-0.2, -0.15) is 8.78 Å². The molecule has 0 radical (unpaired) electrons. The lowest BCUT2D eigenvalue weighted by Gasteiger charge is -2.24. The van der Waals surface area contributed by atoms with Crippen LogP contribution >= 0.6 is 12.4 Å². The molecular weight excluding hydrogens is 314 g/mol. The Hall–Kier alpha value is -1.11. The Bertz CT molecular complexity index is 463. The molecule has 0 bridgehead atoms. The van der Waals surface area contributed by atoms with Crippen molar-refractivity contribution in [1.29, 1.82) is 0 Å². The van der Waals surface area contributed by atoms with Crippen molar-refractivity contribution in [2.45, 2.75) is 32.0 Å². The summed E-state index contributed by atoms with van der Waals surface area (Å²) >= 11 is 0. The molecular formula is C15H23ClF2N2O2. The number of alkyl halides is 2. The van der Waals surface area contributed by atoms with Gasteiger partial charge in [0, 0.05) is 19.1 Å². The lowest BCUT2D eigenvalue weighted by molar-refractivity contribution is -0.0512. The van der Waals surface area contributed by atoms with Gasteiger partial charge in [-0.3, -0.25) is 4.90 Å². The third-order valence-electron chi connectivity index (χ3n) is 3.77. The highest BCUT2D eigenvalue weighted by atomic mass is 35.5. The van der Waals surface area contributed by atoms with Gasteiger partial charge in [-0.25, -0.2) is 0 Å². The van der Waals surface area contributed by atoms with E-state index in [2.05, 4.69) is 15.0 Å². The standard InChI is InChI=1S/C15H22F2N2O2.ClH/c1-18-9-12-4-3-7-19(12)10-11-5-6-13(21-15(16)17)14(8-11)20-2;/h5-6,8,12,15,18H,3-4,7,9-10H2,1-2H3;1H. The van der Waals surface area contributed by atoms with Gasteiger partial charge in [-0.05, 0) is 44.1 Å². The number of halogens is 3. The molecule has 0 aliphatic carbocycles. The van der Waals surface area contributed by atoms with Gasteiger partial charge in [0.2, 0.25) is 0 Å². The number of methoxy groups -OCH3 is 1. The Labute approximate surface area is 136 Å². The molecule has 1 atom stereocenters. The molecule has 1 fully saturated rings. The van der Waals surface area contributed by atoms with Crippen molar-refractivity contribution in [3.63, 3.8) is 0 Å². The maximum atomic E-state index is 12.3. The zero-order valence-electron chi connectivity index (χ0n) is 12.9. The first-order valence-corrected chi connectivity index (χ1v) is 7.14. The first kappa shape index (κ1) is 18.9. The minimum absolute atomic E-state index is 0. The average molecular weight is 337 g/mol. The molecule has 1 aliphatic rings. The first-order chi connectivity index (χ1) is 10.1. The molecule has 126 valence electrons. The highest BCUT2D eigenvalue weighted by molar-refractivity contribution is 5.85. The van der Waals surface area contributed by atoms with Crippen LogP contribution < -0.4 is 14.8 Å². The minimum atomic E-state index is -2.84. The smallest absolute Gasteiger partial charge is 0.387 e. The lowest BCUT2D eigenvalue weighted by atomic mass is 10.1. The molecule has 1 heterocycles. The summed E-state index contributed by atoms with van der Waals surface area (Å²) in [6, 6.07) is 5.66. The predicted octanol–water partition coefficient (Wildman–Crippen LogP) is 2.90. The highest BCUT2D eigenvalue weighted by Gasteiger charge is 2.24. The molecule has 0 amide bonds. The summed E-state index contributed by atoms with van der Waals surface area (Å²) in [6.45, 7) is -0.0333. The topological polar surface area (TPSA) is 33.7 Å². The molecule has 1 N–H and O–H groups in total. The molecule has 1 aromatic rings. The number of likely N-dealkylation sites (N-methyl/N-ethyl adjacent to an activating group) is 1. The summed E-state index contributed by atoms with van der Waals surface area (Å²) in [5.41, 5.74) is 1.04. The fourth-order valence-corrected chi connectivity index (χ4v) is 2.81. The third kappa shape index (κ3) is 4.97. The van der Waals surface area contributed by atoms with Crippen molar-refractivity contribution in [2.24, 2.45) is 0 Å². The van der Waals surface area contributed by atoms with Crippen molar-refractivity contribution in [1.82, 2.24) is 10.2 Å². The fraction of sp³-hybridized carbons (Fsp3) is 0.600. The van der Waals surface area contributed by atoms with Crippen LogP contribution in [-0.2, 0) is 6.54 Å². The van der Waals surface area contributed by atoms with Crippen LogP contribution in [0.25, 0.3) is 0 Å². The maximum absolute atomic E-state index is 12.3. The minimum Gasteiger partial charge on any atom is -0.493 e. The second-order valence-electron chi connectivity index (χ2n) is 5.19. The monoisotopic (exact) mass is 336 g/mol. The van der Waals surface area contributed by atoms with Crippen molar-refractivity contribution in [3.8, 4) is 11.5 Å². The van der Waals surface area contributed by atoms with E-state index in [-0.39, 0.29) is 18.2 Å². The van der Waals surface area contributed by atoms with Gasteiger partial charge in [-0.1, -0.05) is 6.07 Å². The molecule has 0 spiro atoms. The number of likely N-dealkylation sites (tertiary alicyclic amines) is 1. The fourth-order valence-electron chi connectivity index (χ4n) is 2.81. The van der Waals surface area contributed by atoms with Crippen LogP contribution in [0.2, 0.25) is 0 Å². The number of hydrogen-bond donors (Lipinski definition) is 1. The van der Waals surface area contributed by atoms with Gasteiger partial charge in [0.25, 0.3) is 0 Å². The Morgan fingerprint density at radius 3 is 2.77 bits per heavy atom. The SMILES string of the molecule is CNCC1CCCN1Cc1ccc(OC(F)F)c(OC)c1.Cl. The number of rotatable bonds is 7. The lowest BCUT2D eigenvalue weighted by Crippen LogP contribution is -2.36. The number of ether oxygens (including phenoxy) is 2. The Balaban J connectivity index is 0.00000242. The van der Waals surface area contributed by atoms with Gasteiger partial charge >= 0.3 is 6.61 Å². The predicted molar refractivity (Wildman–Crippen MR) is 84.2 cm³/mol. The van der Waals surface area contributed by atoms with Gasteiger partial charge in [0.05, 0.1) is 7.11 Å². The van der Waals surface area contributed by atoms with E-state index in [1.54, 1.807) is 12.1 Å². The van der Waals surface area contributed by atoms with E-state index >= 15 is 0 Å². The van der Waals surface area contributed by atoms with E-state index < -0.39 is 6.61 Å². The summed E-state index contributed by atoms with van der Waals surface area (Å²) in [7, 11) is 3.41. The molecule has 1 unspecified atom stereocenters. The van der Waals surface area contributed by atoms with E-state index in [1.807, 2.05) is 13.1 Å². The third-order valence-corrected chi connectivity index (χ3v) is 3.77. The molecule has 4 nitrogen and oxygen atoms in total. The van der Waals surface area contributed by atoms with Gasteiger partial charge in [0.1, 0.15) is 0 Å².